The van der Waals surface area contributed by atoms with Crippen LogP contribution in [-0.2, 0) is 0 Å². The normalized spacial score (nSPS) is 12.5. The summed E-state index contributed by atoms with van der Waals surface area (Å²) in [5, 5.41) is 2.88. The first-order chi connectivity index (χ1) is 8.81. The van der Waals surface area contributed by atoms with Gasteiger partial charge in [0.1, 0.15) is 5.56 Å². The Morgan fingerprint density at radius 2 is 1.89 bits per heavy atom. The monoisotopic (exact) mass is 264 g/mol. The number of aryl methyl sites for hydroxylation is 2. The van der Waals surface area contributed by atoms with Crippen LogP contribution >= 0.6 is 0 Å². The number of carbonyl (C=O) groups excluding carboxylic acids is 1. The summed E-state index contributed by atoms with van der Waals surface area (Å²) in [7, 11) is 0. The standard InChI is InChI=1S/C15H24N2O2/c1-9(2)6-7-11(4)16-14(18)13-8-10(3)12(5)17-15(13)19/h8-9,11H,6-7H2,1-5H3,(H,16,18)(H,17,19)/t11-/m0/s1. The predicted molar refractivity (Wildman–Crippen MR) is 77.5 cm³/mol. The van der Waals surface area contributed by atoms with Crippen molar-refractivity contribution in [1.82, 2.24) is 10.3 Å². The van der Waals surface area contributed by atoms with Gasteiger partial charge in [-0.25, -0.2) is 0 Å². The molecule has 106 valence electrons. The molecule has 1 aromatic rings. The van der Waals surface area contributed by atoms with Crippen molar-refractivity contribution in [3.63, 3.8) is 0 Å². The third-order valence-electron chi connectivity index (χ3n) is 3.30. The lowest BCUT2D eigenvalue weighted by Gasteiger charge is -2.15. The van der Waals surface area contributed by atoms with E-state index in [-0.39, 0.29) is 23.1 Å². The summed E-state index contributed by atoms with van der Waals surface area (Å²) >= 11 is 0. The van der Waals surface area contributed by atoms with Gasteiger partial charge in [0.05, 0.1) is 0 Å². The topological polar surface area (TPSA) is 62.0 Å². The van der Waals surface area contributed by atoms with Crippen LogP contribution in [0.4, 0.5) is 0 Å². The summed E-state index contributed by atoms with van der Waals surface area (Å²) in [5.74, 6) is 0.324. The van der Waals surface area contributed by atoms with Gasteiger partial charge in [0.2, 0.25) is 0 Å². The van der Waals surface area contributed by atoms with E-state index >= 15 is 0 Å². The van der Waals surface area contributed by atoms with E-state index in [2.05, 4.69) is 24.1 Å². The average Bonchev–Trinajstić information content (AvgIpc) is 2.31. The van der Waals surface area contributed by atoms with Crippen molar-refractivity contribution < 1.29 is 4.79 Å². The molecule has 0 bridgehead atoms. The van der Waals surface area contributed by atoms with Crippen LogP contribution in [0.2, 0.25) is 0 Å². The number of hydrogen-bond donors (Lipinski definition) is 2. The molecule has 0 fully saturated rings. The van der Waals surface area contributed by atoms with Gasteiger partial charge in [-0.1, -0.05) is 13.8 Å². The molecule has 1 aromatic heterocycles. The molecule has 4 heteroatoms. The van der Waals surface area contributed by atoms with E-state index in [1.54, 1.807) is 6.07 Å². The van der Waals surface area contributed by atoms with Crippen LogP contribution < -0.4 is 10.9 Å². The maximum Gasteiger partial charge on any atom is 0.261 e. The third kappa shape index (κ3) is 4.54. The molecule has 19 heavy (non-hydrogen) atoms. The van der Waals surface area contributed by atoms with E-state index in [9.17, 15) is 9.59 Å². The Morgan fingerprint density at radius 1 is 1.26 bits per heavy atom. The predicted octanol–water partition coefficient (Wildman–Crippen LogP) is 2.55. The number of aromatic amines is 1. The summed E-state index contributed by atoms with van der Waals surface area (Å²) in [4.78, 5) is 26.5. The van der Waals surface area contributed by atoms with Crippen LogP contribution in [0.3, 0.4) is 0 Å². The first-order valence-electron chi connectivity index (χ1n) is 6.82. The molecule has 4 nitrogen and oxygen atoms in total. The van der Waals surface area contributed by atoms with Crippen LogP contribution in [-0.4, -0.2) is 16.9 Å². The Balaban J connectivity index is 2.73. The van der Waals surface area contributed by atoms with Gasteiger partial charge in [-0.15, -0.1) is 0 Å². The van der Waals surface area contributed by atoms with E-state index in [0.29, 0.717) is 5.92 Å². The number of rotatable bonds is 5. The van der Waals surface area contributed by atoms with Gasteiger partial charge in [0.15, 0.2) is 0 Å². The molecule has 2 N–H and O–H groups in total. The molecule has 0 aliphatic rings. The SMILES string of the molecule is Cc1cc(C(=O)N[C@@H](C)CCC(C)C)c(=O)[nH]c1C. The van der Waals surface area contributed by atoms with Crippen molar-refractivity contribution in [2.24, 2.45) is 5.92 Å². The first kappa shape index (κ1) is 15.5. The highest BCUT2D eigenvalue weighted by Gasteiger charge is 2.14. The van der Waals surface area contributed by atoms with Crippen molar-refractivity contribution in [2.75, 3.05) is 0 Å². The molecule has 1 rings (SSSR count). The van der Waals surface area contributed by atoms with E-state index in [0.717, 1.165) is 24.1 Å². The second-order valence-corrected chi connectivity index (χ2v) is 5.67. The lowest BCUT2D eigenvalue weighted by atomic mass is 10.0. The molecule has 0 saturated heterocycles. The zero-order chi connectivity index (χ0) is 14.6. The molecule has 1 atom stereocenters. The minimum atomic E-state index is -0.323. The molecule has 0 unspecified atom stereocenters. The Labute approximate surface area is 114 Å². The number of H-pyrrole nitrogens is 1. The van der Waals surface area contributed by atoms with Gasteiger partial charge in [-0.05, 0) is 51.2 Å². The van der Waals surface area contributed by atoms with Gasteiger partial charge < -0.3 is 10.3 Å². The molecule has 0 spiro atoms. The van der Waals surface area contributed by atoms with Crippen molar-refractivity contribution >= 4 is 5.91 Å². The van der Waals surface area contributed by atoms with Crippen LogP contribution in [0.5, 0.6) is 0 Å². The van der Waals surface area contributed by atoms with Crippen LogP contribution in [0.1, 0.15) is 55.2 Å². The van der Waals surface area contributed by atoms with Gasteiger partial charge >= 0.3 is 0 Å². The molecular weight excluding hydrogens is 240 g/mol. The number of pyridine rings is 1. The summed E-state index contributed by atoms with van der Waals surface area (Å²) in [6.45, 7) is 9.98. The van der Waals surface area contributed by atoms with Crippen molar-refractivity contribution in [3.05, 3.63) is 33.2 Å². The summed E-state index contributed by atoms with van der Waals surface area (Å²) in [6, 6.07) is 1.73. The smallest absolute Gasteiger partial charge is 0.261 e. The molecule has 0 aliphatic carbocycles. The summed E-state index contributed by atoms with van der Waals surface area (Å²) in [6.07, 6.45) is 1.98. The van der Waals surface area contributed by atoms with Gasteiger partial charge in [-0.2, -0.15) is 0 Å². The van der Waals surface area contributed by atoms with Crippen molar-refractivity contribution in [1.29, 1.82) is 0 Å². The van der Waals surface area contributed by atoms with Gasteiger partial charge in [-0.3, -0.25) is 9.59 Å². The molecule has 0 aliphatic heterocycles. The number of amides is 1. The Kier molecular flexibility index (Phi) is 5.33. The van der Waals surface area contributed by atoms with Crippen LogP contribution in [0.25, 0.3) is 0 Å². The highest BCUT2D eigenvalue weighted by molar-refractivity contribution is 5.94. The first-order valence-corrected chi connectivity index (χ1v) is 6.82. The fourth-order valence-electron chi connectivity index (χ4n) is 1.85. The van der Waals surface area contributed by atoms with E-state index < -0.39 is 0 Å². The zero-order valence-corrected chi connectivity index (χ0v) is 12.5. The van der Waals surface area contributed by atoms with E-state index in [4.69, 9.17) is 0 Å². The number of carbonyl (C=O) groups is 1. The highest BCUT2D eigenvalue weighted by Crippen LogP contribution is 2.07. The number of hydrogen-bond acceptors (Lipinski definition) is 2. The lowest BCUT2D eigenvalue weighted by molar-refractivity contribution is 0.0935. The van der Waals surface area contributed by atoms with Gasteiger partial charge in [0.25, 0.3) is 11.5 Å². The zero-order valence-electron chi connectivity index (χ0n) is 12.5. The highest BCUT2D eigenvalue weighted by atomic mass is 16.2. The lowest BCUT2D eigenvalue weighted by Crippen LogP contribution is -2.36. The quantitative estimate of drug-likeness (QED) is 0.858. The van der Waals surface area contributed by atoms with E-state index in [1.165, 1.54) is 0 Å². The molecule has 1 amide bonds. The minimum Gasteiger partial charge on any atom is -0.349 e. The van der Waals surface area contributed by atoms with Crippen LogP contribution in [0.15, 0.2) is 10.9 Å². The maximum absolute atomic E-state index is 12.1. The minimum absolute atomic E-state index is 0.0795. The fraction of sp³-hybridized carbons (Fsp3) is 0.600. The molecule has 0 aromatic carbocycles. The summed E-state index contributed by atoms with van der Waals surface area (Å²) in [5.41, 5.74) is 1.59. The molecule has 0 radical (unpaired) electrons. The summed E-state index contributed by atoms with van der Waals surface area (Å²) < 4.78 is 0. The third-order valence-corrected chi connectivity index (χ3v) is 3.30. The second-order valence-electron chi connectivity index (χ2n) is 5.67. The average molecular weight is 264 g/mol. The number of nitrogens with one attached hydrogen (secondary N) is 2. The molecular formula is C15H24N2O2. The second kappa shape index (κ2) is 6.55. The van der Waals surface area contributed by atoms with E-state index in [1.807, 2.05) is 20.8 Å². The van der Waals surface area contributed by atoms with Gasteiger partial charge in [0, 0.05) is 11.7 Å². The maximum atomic E-state index is 12.1. The largest absolute Gasteiger partial charge is 0.349 e. The fourth-order valence-corrected chi connectivity index (χ4v) is 1.85. The molecule has 0 saturated carbocycles. The van der Waals surface area contributed by atoms with Crippen molar-refractivity contribution in [2.45, 2.75) is 53.5 Å². The Bertz CT molecular complexity index is 503. The molecule has 1 heterocycles. The number of aromatic nitrogens is 1. The Hall–Kier alpha value is -1.58. The van der Waals surface area contributed by atoms with Crippen molar-refractivity contribution in [3.8, 4) is 0 Å². The van der Waals surface area contributed by atoms with Crippen LogP contribution in [0, 0.1) is 19.8 Å². The Morgan fingerprint density at radius 3 is 2.47 bits per heavy atom.